The quantitative estimate of drug-likeness (QED) is 0.527. The zero-order chi connectivity index (χ0) is 21.6. The second kappa shape index (κ2) is 10.2. The van der Waals surface area contributed by atoms with Crippen molar-refractivity contribution in [3.63, 3.8) is 0 Å². The summed E-state index contributed by atoms with van der Waals surface area (Å²) in [5, 5.41) is 16.2. The molecule has 1 aliphatic heterocycles. The van der Waals surface area contributed by atoms with E-state index < -0.39 is 22.2 Å². The molecule has 2 atom stereocenters. The third-order valence-corrected chi connectivity index (χ3v) is 6.56. The molecule has 1 heterocycles. The van der Waals surface area contributed by atoms with Gasteiger partial charge in [0.2, 0.25) is 15.9 Å². The van der Waals surface area contributed by atoms with Crippen molar-refractivity contribution >= 4 is 21.6 Å². The van der Waals surface area contributed by atoms with Crippen LogP contribution in [0.3, 0.4) is 0 Å². The van der Waals surface area contributed by atoms with Crippen LogP contribution in [0, 0.1) is 0 Å². The molecule has 7 nitrogen and oxygen atoms in total. The SMILES string of the molecule is CS(=O)(=O)N1CCCC1C(=O)Nc1ccc(CCNCC(O)c2ccccc2)cc1. The number of benzene rings is 2. The molecular formula is C22H29N3O4S. The first-order valence-corrected chi connectivity index (χ1v) is 12.0. The molecule has 3 rings (SSSR count). The van der Waals surface area contributed by atoms with Crippen molar-refractivity contribution < 1.29 is 18.3 Å². The summed E-state index contributed by atoms with van der Waals surface area (Å²) in [7, 11) is -3.38. The summed E-state index contributed by atoms with van der Waals surface area (Å²) in [6, 6.07) is 16.4. The Kier molecular flexibility index (Phi) is 7.60. The average molecular weight is 432 g/mol. The minimum absolute atomic E-state index is 0.290. The number of sulfonamides is 1. The van der Waals surface area contributed by atoms with E-state index in [0.717, 1.165) is 30.3 Å². The zero-order valence-corrected chi connectivity index (χ0v) is 17.9. The Balaban J connectivity index is 1.44. The van der Waals surface area contributed by atoms with Crippen LogP contribution in [0.1, 0.15) is 30.1 Å². The van der Waals surface area contributed by atoms with Gasteiger partial charge in [-0.3, -0.25) is 4.79 Å². The van der Waals surface area contributed by atoms with Gasteiger partial charge < -0.3 is 15.7 Å². The summed E-state index contributed by atoms with van der Waals surface area (Å²) >= 11 is 0. The topological polar surface area (TPSA) is 98.7 Å². The number of hydrogen-bond acceptors (Lipinski definition) is 5. The van der Waals surface area contributed by atoms with Crippen LogP contribution in [-0.4, -0.2) is 55.7 Å². The number of aliphatic hydroxyl groups excluding tert-OH is 1. The molecule has 3 N–H and O–H groups in total. The van der Waals surface area contributed by atoms with Crippen LogP contribution in [0.5, 0.6) is 0 Å². The van der Waals surface area contributed by atoms with Gasteiger partial charge in [0.1, 0.15) is 6.04 Å². The number of amides is 1. The molecule has 1 aliphatic rings. The van der Waals surface area contributed by atoms with Crippen molar-refractivity contribution in [1.29, 1.82) is 0 Å². The number of carbonyl (C=O) groups is 1. The maximum atomic E-state index is 12.5. The molecule has 0 radical (unpaired) electrons. The molecule has 0 aliphatic carbocycles. The smallest absolute Gasteiger partial charge is 0.242 e. The highest BCUT2D eigenvalue weighted by Crippen LogP contribution is 2.22. The molecule has 1 amide bonds. The minimum atomic E-state index is -3.38. The lowest BCUT2D eigenvalue weighted by Gasteiger charge is -2.21. The second-order valence-corrected chi connectivity index (χ2v) is 9.53. The van der Waals surface area contributed by atoms with Crippen molar-refractivity contribution in [3.8, 4) is 0 Å². The molecule has 8 heteroatoms. The maximum absolute atomic E-state index is 12.5. The molecule has 162 valence electrons. The summed E-state index contributed by atoms with van der Waals surface area (Å²) in [5.41, 5.74) is 2.65. The standard InChI is InChI=1S/C22H29N3O4S/c1-30(28,29)25-15-5-8-20(25)22(27)24-19-11-9-17(10-12-19)13-14-23-16-21(26)18-6-3-2-4-7-18/h2-4,6-7,9-12,20-21,23,26H,5,8,13-16H2,1H3,(H,24,27). The van der Waals surface area contributed by atoms with Gasteiger partial charge in [-0.15, -0.1) is 0 Å². The average Bonchev–Trinajstić information content (AvgIpc) is 3.24. The van der Waals surface area contributed by atoms with E-state index in [0.29, 0.717) is 31.6 Å². The molecule has 2 aromatic rings. The summed E-state index contributed by atoms with van der Waals surface area (Å²) in [6.45, 7) is 1.60. The van der Waals surface area contributed by atoms with Gasteiger partial charge in [0.05, 0.1) is 12.4 Å². The van der Waals surface area contributed by atoms with Crippen LogP contribution < -0.4 is 10.6 Å². The number of carbonyl (C=O) groups excluding carboxylic acids is 1. The van der Waals surface area contributed by atoms with Crippen molar-refractivity contribution in [1.82, 2.24) is 9.62 Å². The molecule has 0 saturated carbocycles. The van der Waals surface area contributed by atoms with Crippen LogP contribution in [0.15, 0.2) is 54.6 Å². The van der Waals surface area contributed by atoms with Gasteiger partial charge in [0.25, 0.3) is 0 Å². The van der Waals surface area contributed by atoms with E-state index >= 15 is 0 Å². The largest absolute Gasteiger partial charge is 0.387 e. The fraction of sp³-hybridized carbons (Fsp3) is 0.409. The Labute approximate surface area is 178 Å². The number of aliphatic hydroxyl groups is 1. The summed E-state index contributed by atoms with van der Waals surface area (Å²) in [5.74, 6) is -0.290. The molecule has 2 aromatic carbocycles. The number of nitrogens with zero attached hydrogens (tertiary/aromatic N) is 1. The van der Waals surface area contributed by atoms with Gasteiger partial charge in [0.15, 0.2) is 0 Å². The van der Waals surface area contributed by atoms with Crippen molar-refractivity contribution in [3.05, 3.63) is 65.7 Å². The molecule has 0 spiro atoms. The molecule has 2 unspecified atom stereocenters. The number of anilines is 1. The molecule has 1 saturated heterocycles. The number of rotatable bonds is 9. The number of nitrogens with one attached hydrogen (secondary N) is 2. The molecule has 0 aromatic heterocycles. The lowest BCUT2D eigenvalue weighted by atomic mass is 10.1. The van der Waals surface area contributed by atoms with Crippen molar-refractivity contribution in [2.45, 2.75) is 31.4 Å². The van der Waals surface area contributed by atoms with E-state index in [2.05, 4.69) is 10.6 Å². The van der Waals surface area contributed by atoms with Crippen LogP contribution in [-0.2, 0) is 21.2 Å². The first-order valence-electron chi connectivity index (χ1n) is 10.1. The van der Waals surface area contributed by atoms with Crippen LogP contribution in [0.4, 0.5) is 5.69 Å². The highest BCUT2D eigenvalue weighted by atomic mass is 32.2. The van der Waals surface area contributed by atoms with Gasteiger partial charge in [0, 0.05) is 18.8 Å². The summed E-state index contributed by atoms with van der Waals surface area (Å²) in [6.07, 6.45) is 2.62. The molecule has 1 fully saturated rings. The third kappa shape index (κ3) is 6.12. The summed E-state index contributed by atoms with van der Waals surface area (Å²) in [4.78, 5) is 12.5. The maximum Gasteiger partial charge on any atom is 0.242 e. The third-order valence-electron chi connectivity index (χ3n) is 5.27. The Hall–Kier alpha value is -2.26. The predicted molar refractivity (Wildman–Crippen MR) is 118 cm³/mol. The van der Waals surface area contributed by atoms with Gasteiger partial charge in [-0.25, -0.2) is 8.42 Å². The van der Waals surface area contributed by atoms with Crippen LogP contribution in [0.2, 0.25) is 0 Å². The fourth-order valence-electron chi connectivity index (χ4n) is 3.64. The Morgan fingerprint density at radius 2 is 1.87 bits per heavy atom. The first kappa shape index (κ1) is 22.4. The van der Waals surface area contributed by atoms with E-state index in [4.69, 9.17) is 0 Å². The summed E-state index contributed by atoms with van der Waals surface area (Å²) < 4.78 is 24.9. The zero-order valence-electron chi connectivity index (χ0n) is 17.1. The second-order valence-electron chi connectivity index (χ2n) is 7.60. The van der Waals surface area contributed by atoms with Gasteiger partial charge in [-0.2, -0.15) is 4.31 Å². The molecular weight excluding hydrogens is 402 g/mol. The van der Waals surface area contributed by atoms with E-state index in [1.165, 1.54) is 4.31 Å². The fourth-order valence-corrected chi connectivity index (χ4v) is 4.77. The highest BCUT2D eigenvalue weighted by molar-refractivity contribution is 7.88. The lowest BCUT2D eigenvalue weighted by molar-refractivity contribution is -0.119. The van der Waals surface area contributed by atoms with Gasteiger partial charge >= 0.3 is 0 Å². The van der Waals surface area contributed by atoms with E-state index in [9.17, 15) is 18.3 Å². The Morgan fingerprint density at radius 3 is 2.53 bits per heavy atom. The molecule has 30 heavy (non-hydrogen) atoms. The Bertz CT molecular complexity index is 933. The lowest BCUT2D eigenvalue weighted by Crippen LogP contribution is -2.42. The normalized spacial score (nSPS) is 18.3. The highest BCUT2D eigenvalue weighted by Gasteiger charge is 2.36. The Morgan fingerprint density at radius 1 is 1.17 bits per heavy atom. The predicted octanol–water partition coefficient (Wildman–Crippen LogP) is 1.91. The number of hydrogen-bond donors (Lipinski definition) is 3. The first-order chi connectivity index (χ1) is 14.3. The van der Waals surface area contributed by atoms with E-state index in [1.54, 1.807) is 0 Å². The van der Waals surface area contributed by atoms with Crippen LogP contribution >= 0.6 is 0 Å². The minimum Gasteiger partial charge on any atom is -0.387 e. The molecule has 0 bridgehead atoms. The van der Waals surface area contributed by atoms with Crippen LogP contribution in [0.25, 0.3) is 0 Å². The van der Waals surface area contributed by atoms with Crippen molar-refractivity contribution in [2.24, 2.45) is 0 Å². The van der Waals surface area contributed by atoms with Gasteiger partial charge in [-0.05, 0) is 49.1 Å². The van der Waals surface area contributed by atoms with E-state index in [-0.39, 0.29) is 5.91 Å². The van der Waals surface area contributed by atoms with E-state index in [1.807, 2.05) is 54.6 Å². The van der Waals surface area contributed by atoms with Crippen molar-refractivity contribution in [2.75, 3.05) is 31.2 Å². The van der Waals surface area contributed by atoms with Gasteiger partial charge in [-0.1, -0.05) is 42.5 Å². The monoisotopic (exact) mass is 431 g/mol.